The average molecular weight is 360 g/mol. The molecule has 136 valence electrons. The van der Waals surface area contributed by atoms with E-state index < -0.39 is 28.8 Å². The van der Waals surface area contributed by atoms with Gasteiger partial charge in [0.1, 0.15) is 11.6 Å². The van der Waals surface area contributed by atoms with Crippen LogP contribution >= 0.6 is 0 Å². The van der Waals surface area contributed by atoms with Gasteiger partial charge in [0.25, 0.3) is 0 Å². The Balaban J connectivity index is 1.79. The first-order valence-corrected chi connectivity index (χ1v) is 7.88. The van der Waals surface area contributed by atoms with Gasteiger partial charge in [0, 0.05) is 6.54 Å². The Kier molecular flexibility index (Phi) is 4.23. The molecule has 2 amide bonds. The van der Waals surface area contributed by atoms with E-state index in [2.05, 4.69) is 15.6 Å². The summed E-state index contributed by atoms with van der Waals surface area (Å²) in [5, 5.41) is 15.2. The summed E-state index contributed by atoms with van der Waals surface area (Å²) in [6.45, 7) is 3.48. The van der Waals surface area contributed by atoms with E-state index >= 15 is 0 Å². The van der Waals surface area contributed by atoms with E-state index in [4.69, 9.17) is 0 Å². The standard InChI is InChI=1S/C17H17FN4O4/c1-17(2)15-20-11(13(24)14(25)22(15)16(26)21-17)7-12(23)19-8-9-3-5-10(18)6-4-9/h3-6,24H,7-8H2,1-2H3,(H,19,23)(H,21,26). The highest BCUT2D eigenvalue weighted by molar-refractivity contribution is 5.82. The molecule has 1 aliphatic heterocycles. The van der Waals surface area contributed by atoms with Crippen LogP contribution in [0.2, 0.25) is 0 Å². The largest absolute Gasteiger partial charge is 0.502 e. The molecular weight excluding hydrogens is 343 g/mol. The van der Waals surface area contributed by atoms with Gasteiger partial charge in [0.2, 0.25) is 11.7 Å². The lowest BCUT2D eigenvalue weighted by Gasteiger charge is -2.17. The topological polar surface area (TPSA) is 113 Å². The van der Waals surface area contributed by atoms with E-state index in [1.807, 2.05) is 0 Å². The van der Waals surface area contributed by atoms with Crippen molar-refractivity contribution < 1.29 is 19.1 Å². The van der Waals surface area contributed by atoms with Crippen LogP contribution in [0, 0.1) is 5.82 Å². The number of hydrogen-bond acceptors (Lipinski definition) is 5. The molecule has 1 aliphatic rings. The molecule has 0 saturated carbocycles. The number of rotatable bonds is 4. The van der Waals surface area contributed by atoms with Crippen LogP contribution in [0.15, 0.2) is 29.1 Å². The maximum Gasteiger partial charge on any atom is 0.330 e. The number of aromatic nitrogens is 2. The maximum atomic E-state index is 12.9. The van der Waals surface area contributed by atoms with Crippen LogP contribution in [0.1, 0.15) is 30.9 Å². The lowest BCUT2D eigenvalue weighted by molar-refractivity contribution is -0.120. The van der Waals surface area contributed by atoms with E-state index in [1.54, 1.807) is 13.8 Å². The van der Waals surface area contributed by atoms with Crippen LogP contribution in [0.5, 0.6) is 5.75 Å². The fourth-order valence-corrected chi connectivity index (χ4v) is 2.68. The lowest BCUT2D eigenvalue weighted by atomic mass is 10.1. The predicted octanol–water partition coefficient (Wildman–Crippen LogP) is 0.753. The van der Waals surface area contributed by atoms with Crippen LogP contribution < -0.4 is 16.2 Å². The molecule has 0 radical (unpaired) electrons. The quantitative estimate of drug-likeness (QED) is 0.745. The third-order valence-electron chi connectivity index (χ3n) is 4.04. The Morgan fingerprint density at radius 2 is 1.96 bits per heavy atom. The van der Waals surface area contributed by atoms with Crippen molar-refractivity contribution in [1.82, 2.24) is 20.2 Å². The average Bonchev–Trinajstić information content (AvgIpc) is 2.80. The normalized spacial score (nSPS) is 14.7. The van der Waals surface area contributed by atoms with Crippen molar-refractivity contribution in [2.75, 3.05) is 0 Å². The minimum absolute atomic E-state index is 0.109. The first-order chi connectivity index (χ1) is 12.2. The number of benzene rings is 1. The molecular formula is C17H17FN4O4. The summed E-state index contributed by atoms with van der Waals surface area (Å²) in [5.41, 5.74) is -1.23. The van der Waals surface area contributed by atoms with Gasteiger partial charge in [-0.2, -0.15) is 0 Å². The van der Waals surface area contributed by atoms with Crippen molar-refractivity contribution >= 4 is 11.9 Å². The zero-order valence-electron chi connectivity index (χ0n) is 14.2. The summed E-state index contributed by atoms with van der Waals surface area (Å²) < 4.78 is 13.6. The molecule has 26 heavy (non-hydrogen) atoms. The van der Waals surface area contributed by atoms with Gasteiger partial charge in [0.05, 0.1) is 17.7 Å². The van der Waals surface area contributed by atoms with Crippen molar-refractivity contribution in [3.63, 3.8) is 0 Å². The molecule has 0 bridgehead atoms. The van der Waals surface area contributed by atoms with Crippen molar-refractivity contribution in [2.45, 2.75) is 32.4 Å². The molecule has 0 fully saturated rings. The molecule has 2 heterocycles. The van der Waals surface area contributed by atoms with Crippen LogP contribution in [0.4, 0.5) is 9.18 Å². The number of aromatic hydroxyl groups is 1. The molecule has 8 nitrogen and oxygen atoms in total. The summed E-state index contributed by atoms with van der Waals surface area (Å²) in [7, 11) is 0. The van der Waals surface area contributed by atoms with Crippen molar-refractivity contribution in [3.8, 4) is 5.75 Å². The summed E-state index contributed by atoms with van der Waals surface area (Å²) in [4.78, 5) is 40.3. The SMILES string of the molecule is CC1(C)NC(=O)n2c1nc(CC(=O)NCc1ccc(F)cc1)c(O)c2=O. The second-order valence-corrected chi connectivity index (χ2v) is 6.51. The third kappa shape index (κ3) is 3.15. The first-order valence-electron chi connectivity index (χ1n) is 7.88. The molecule has 0 aliphatic carbocycles. The third-order valence-corrected chi connectivity index (χ3v) is 4.04. The first kappa shape index (κ1) is 17.6. The van der Waals surface area contributed by atoms with Gasteiger partial charge in [-0.3, -0.25) is 9.59 Å². The van der Waals surface area contributed by atoms with Crippen LogP contribution in [-0.2, 0) is 23.3 Å². The molecule has 0 atom stereocenters. The Labute approximate surface area is 147 Å². The van der Waals surface area contributed by atoms with E-state index in [0.29, 0.717) is 5.56 Å². The van der Waals surface area contributed by atoms with Crippen LogP contribution in [0.25, 0.3) is 0 Å². The van der Waals surface area contributed by atoms with E-state index in [1.165, 1.54) is 24.3 Å². The highest BCUT2D eigenvalue weighted by Crippen LogP contribution is 2.24. The predicted molar refractivity (Wildman–Crippen MR) is 89.1 cm³/mol. The fraction of sp³-hybridized carbons (Fsp3) is 0.294. The molecule has 0 spiro atoms. The van der Waals surface area contributed by atoms with Crippen LogP contribution in [-0.4, -0.2) is 26.6 Å². The molecule has 0 unspecified atom stereocenters. The minimum Gasteiger partial charge on any atom is -0.502 e. The van der Waals surface area contributed by atoms with Gasteiger partial charge in [0.15, 0.2) is 0 Å². The highest BCUT2D eigenvalue weighted by atomic mass is 19.1. The molecule has 3 rings (SSSR count). The molecule has 3 N–H and O–H groups in total. The Bertz CT molecular complexity index is 950. The van der Waals surface area contributed by atoms with Gasteiger partial charge < -0.3 is 15.7 Å². The Hall–Kier alpha value is -3.23. The van der Waals surface area contributed by atoms with Gasteiger partial charge in [-0.05, 0) is 31.5 Å². The number of nitrogens with zero attached hydrogens (tertiary/aromatic N) is 2. The zero-order valence-corrected chi connectivity index (χ0v) is 14.2. The van der Waals surface area contributed by atoms with Crippen molar-refractivity contribution in [3.05, 3.63) is 57.5 Å². The van der Waals surface area contributed by atoms with Crippen molar-refractivity contribution in [1.29, 1.82) is 0 Å². The molecule has 2 aromatic rings. The van der Waals surface area contributed by atoms with E-state index in [0.717, 1.165) is 4.57 Å². The van der Waals surface area contributed by atoms with Gasteiger partial charge >= 0.3 is 11.6 Å². The number of fused-ring (bicyclic) bond motifs is 1. The minimum atomic E-state index is -0.917. The number of carbonyl (C=O) groups is 2. The highest BCUT2D eigenvalue weighted by Gasteiger charge is 2.39. The molecule has 1 aromatic heterocycles. The summed E-state index contributed by atoms with van der Waals surface area (Å²) in [6, 6.07) is 4.95. The number of hydrogen-bond donors (Lipinski definition) is 3. The van der Waals surface area contributed by atoms with Gasteiger partial charge in [-0.25, -0.2) is 18.7 Å². The second-order valence-electron chi connectivity index (χ2n) is 6.51. The van der Waals surface area contributed by atoms with E-state index in [-0.39, 0.29) is 30.3 Å². The monoisotopic (exact) mass is 360 g/mol. The zero-order chi connectivity index (χ0) is 19.1. The van der Waals surface area contributed by atoms with Crippen LogP contribution in [0.3, 0.4) is 0 Å². The smallest absolute Gasteiger partial charge is 0.330 e. The number of amides is 2. The number of nitrogens with one attached hydrogen (secondary N) is 2. The molecule has 0 saturated heterocycles. The fourth-order valence-electron chi connectivity index (χ4n) is 2.68. The summed E-state index contributed by atoms with van der Waals surface area (Å²) in [5.74, 6) is -1.46. The number of carbonyl (C=O) groups excluding carboxylic acids is 2. The summed E-state index contributed by atoms with van der Waals surface area (Å²) >= 11 is 0. The lowest BCUT2D eigenvalue weighted by Crippen LogP contribution is -2.33. The summed E-state index contributed by atoms with van der Waals surface area (Å²) in [6.07, 6.45) is -0.333. The number of halogens is 1. The molecule has 1 aromatic carbocycles. The second kappa shape index (κ2) is 6.25. The van der Waals surface area contributed by atoms with Gasteiger partial charge in [-0.1, -0.05) is 12.1 Å². The Morgan fingerprint density at radius 3 is 2.62 bits per heavy atom. The Morgan fingerprint density at radius 1 is 1.31 bits per heavy atom. The van der Waals surface area contributed by atoms with E-state index in [9.17, 15) is 23.9 Å². The van der Waals surface area contributed by atoms with Crippen molar-refractivity contribution in [2.24, 2.45) is 0 Å². The maximum absolute atomic E-state index is 12.9. The van der Waals surface area contributed by atoms with Gasteiger partial charge in [-0.15, -0.1) is 0 Å². The molecule has 9 heteroatoms.